The van der Waals surface area contributed by atoms with E-state index >= 15 is 0 Å². The molecule has 3 atom stereocenters. The van der Waals surface area contributed by atoms with Crippen molar-refractivity contribution in [1.29, 1.82) is 0 Å². The molecule has 0 aromatic carbocycles. The number of hydrogen-bond acceptors (Lipinski definition) is 2. The van der Waals surface area contributed by atoms with E-state index in [9.17, 15) is 0 Å². The fourth-order valence-corrected chi connectivity index (χ4v) is 3.30. The Hall–Kier alpha value is -0.0800. The Bertz CT molecular complexity index is 205. The molecule has 0 aliphatic carbocycles. The van der Waals surface area contributed by atoms with Gasteiger partial charge in [-0.1, -0.05) is 33.6 Å². The molecule has 1 saturated heterocycles. The van der Waals surface area contributed by atoms with Crippen LogP contribution in [-0.2, 0) is 0 Å². The van der Waals surface area contributed by atoms with Crippen LogP contribution >= 0.6 is 0 Å². The second-order valence-electron chi connectivity index (χ2n) is 6.61. The number of nitrogens with zero attached hydrogens (tertiary/aromatic N) is 1. The summed E-state index contributed by atoms with van der Waals surface area (Å²) in [4.78, 5) is 2.66. The average Bonchev–Trinajstić information content (AvgIpc) is 2.29. The van der Waals surface area contributed by atoms with Gasteiger partial charge in [-0.3, -0.25) is 4.90 Å². The quantitative estimate of drug-likeness (QED) is 0.784. The van der Waals surface area contributed by atoms with E-state index in [4.69, 9.17) is 5.73 Å². The smallest absolute Gasteiger partial charge is 0.0295 e. The van der Waals surface area contributed by atoms with Gasteiger partial charge in [0, 0.05) is 18.1 Å². The summed E-state index contributed by atoms with van der Waals surface area (Å²) in [6.07, 6.45) is 5.44. The van der Waals surface area contributed by atoms with Gasteiger partial charge in [0.25, 0.3) is 0 Å². The van der Waals surface area contributed by atoms with Gasteiger partial charge >= 0.3 is 0 Å². The molecule has 1 rings (SSSR count). The lowest BCUT2D eigenvalue weighted by Crippen LogP contribution is -2.56. The van der Waals surface area contributed by atoms with Crippen molar-refractivity contribution in [3.05, 3.63) is 0 Å². The van der Waals surface area contributed by atoms with Gasteiger partial charge in [0.1, 0.15) is 0 Å². The third-order valence-electron chi connectivity index (χ3n) is 3.85. The standard InChI is InChI=1S/C14H30N2/c1-11-9-7-6-8-10-16(11)13(12(2)15)14(3,4)5/h11-13H,6-10,15H2,1-5H3. The molecule has 1 aliphatic rings. The summed E-state index contributed by atoms with van der Waals surface area (Å²) in [7, 11) is 0. The highest BCUT2D eigenvalue weighted by Gasteiger charge is 2.35. The minimum absolute atomic E-state index is 0.251. The van der Waals surface area contributed by atoms with Crippen molar-refractivity contribution in [3.8, 4) is 0 Å². The molecule has 0 bridgehead atoms. The van der Waals surface area contributed by atoms with Crippen LogP contribution in [0.5, 0.6) is 0 Å². The minimum atomic E-state index is 0.251. The van der Waals surface area contributed by atoms with Crippen molar-refractivity contribution in [2.45, 2.75) is 78.4 Å². The molecule has 0 aromatic rings. The molecule has 0 saturated carbocycles. The van der Waals surface area contributed by atoms with Crippen LogP contribution in [0.25, 0.3) is 0 Å². The van der Waals surface area contributed by atoms with E-state index in [0.29, 0.717) is 12.1 Å². The molecule has 0 spiro atoms. The number of hydrogen-bond donors (Lipinski definition) is 1. The third kappa shape index (κ3) is 3.46. The first-order chi connectivity index (χ1) is 7.34. The van der Waals surface area contributed by atoms with E-state index in [2.05, 4.69) is 39.5 Å². The van der Waals surface area contributed by atoms with Crippen LogP contribution < -0.4 is 5.73 Å². The first kappa shape index (κ1) is 14.0. The highest BCUT2D eigenvalue weighted by molar-refractivity contribution is 4.92. The van der Waals surface area contributed by atoms with Crippen LogP contribution in [0, 0.1) is 5.41 Å². The Morgan fingerprint density at radius 3 is 2.31 bits per heavy atom. The summed E-state index contributed by atoms with van der Waals surface area (Å²) < 4.78 is 0. The lowest BCUT2D eigenvalue weighted by atomic mass is 9.81. The Morgan fingerprint density at radius 2 is 1.81 bits per heavy atom. The molecule has 2 N–H and O–H groups in total. The summed E-state index contributed by atoms with van der Waals surface area (Å²) in [5.41, 5.74) is 6.50. The van der Waals surface area contributed by atoms with E-state index < -0.39 is 0 Å². The summed E-state index contributed by atoms with van der Waals surface area (Å²) in [6.45, 7) is 12.7. The normalized spacial score (nSPS) is 28.5. The van der Waals surface area contributed by atoms with Crippen molar-refractivity contribution in [2.75, 3.05) is 6.54 Å². The molecule has 1 aliphatic heterocycles. The van der Waals surface area contributed by atoms with E-state index in [-0.39, 0.29) is 11.5 Å². The Balaban J connectivity index is 2.83. The zero-order valence-electron chi connectivity index (χ0n) is 11.8. The number of nitrogens with two attached hydrogens (primary N) is 1. The molecule has 2 heteroatoms. The average molecular weight is 226 g/mol. The van der Waals surface area contributed by atoms with Gasteiger partial charge in [0.05, 0.1) is 0 Å². The first-order valence-electron chi connectivity index (χ1n) is 6.85. The molecule has 2 nitrogen and oxygen atoms in total. The van der Waals surface area contributed by atoms with Crippen molar-refractivity contribution < 1.29 is 0 Å². The van der Waals surface area contributed by atoms with Gasteiger partial charge in [0.2, 0.25) is 0 Å². The van der Waals surface area contributed by atoms with E-state index in [0.717, 1.165) is 0 Å². The lowest BCUT2D eigenvalue weighted by Gasteiger charge is -2.45. The SMILES string of the molecule is CC(N)C(N1CCCCCC1C)C(C)(C)C. The molecule has 1 fully saturated rings. The van der Waals surface area contributed by atoms with Crippen LogP contribution in [0.2, 0.25) is 0 Å². The largest absolute Gasteiger partial charge is 0.327 e. The maximum atomic E-state index is 6.23. The molecule has 1 heterocycles. The van der Waals surface area contributed by atoms with Crippen LogP contribution in [-0.4, -0.2) is 29.6 Å². The molecule has 0 aromatic heterocycles. The molecule has 0 amide bonds. The topological polar surface area (TPSA) is 29.3 Å². The summed E-state index contributed by atoms with van der Waals surface area (Å²) in [6, 6.07) is 1.44. The van der Waals surface area contributed by atoms with E-state index in [1.807, 2.05) is 0 Å². The maximum Gasteiger partial charge on any atom is 0.0295 e. The van der Waals surface area contributed by atoms with Crippen LogP contribution in [0.3, 0.4) is 0 Å². The Labute approximate surface area is 102 Å². The van der Waals surface area contributed by atoms with Crippen LogP contribution in [0.1, 0.15) is 60.3 Å². The predicted molar refractivity (Wildman–Crippen MR) is 71.5 cm³/mol. The molecule has 96 valence electrons. The maximum absolute atomic E-state index is 6.23. The Kier molecular flexibility index (Phi) is 4.81. The third-order valence-corrected chi connectivity index (χ3v) is 3.85. The molecule has 0 radical (unpaired) electrons. The highest BCUT2D eigenvalue weighted by atomic mass is 15.2. The predicted octanol–water partition coefficient (Wildman–Crippen LogP) is 3.01. The van der Waals surface area contributed by atoms with Gasteiger partial charge in [-0.15, -0.1) is 0 Å². The molecular weight excluding hydrogens is 196 g/mol. The number of likely N-dealkylation sites (tertiary alicyclic amines) is 1. The van der Waals surface area contributed by atoms with Gasteiger partial charge in [0.15, 0.2) is 0 Å². The van der Waals surface area contributed by atoms with Crippen molar-refractivity contribution in [1.82, 2.24) is 4.90 Å². The molecule has 3 unspecified atom stereocenters. The first-order valence-corrected chi connectivity index (χ1v) is 6.85. The van der Waals surface area contributed by atoms with Crippen molar-refractivity contribution in [2.24, 2.45) is 11.1 Å². The summed E-state index contributed by atoms with van der Waals surface area (Å²) >= 11 is 0. The molecular formula is C14H30N2. The minimum Gasteiger partial charge on any atom is -0.327 e. The van der Waals surface area contributed by atoms with Gasteiger partial charge in [-0.25, -0.2) is 0 Å². The monoisotopic (exact) mass is 226 g/mol. The fourth-order valence-electron chi connectivity index (χ4n) is 3.30. The van der Waals surface area contributed by atoms with Gasteiger partial charge in [-0.2, -0.15) is 0 Å². The second-order valence-corrected chi connectivity index (χ2v) is 6.61. The fraction of sp³-hybridized carbons (Fsp3) is 1.00. The summed E-state index contributed by atoms with van der Waals surface area (Å²) in [5.74, 6) is 0. The van der Waals surface area contributed by atoms with Gasteiger partial charge in [-0.05, 0) is 38.6 Å². The highest BCUT2D eigenvalue weighted by Crippen LogP contribution is 2.30. The van der Waals surface area contributed by atoms with E-state index in [1.54, 1.807) is 0 Å². The van der Waals surface area contributed by atoms with Crippen molar-refractivity contribution >= 4 is 0 Å². The zero-order chi connectivity index (χ0) is 12.3. The van der Waals surface area contributed by atoms with E-state index in [1.165, 1.54) is 32.2 Å². The van der Waals surface area contributed by atoms with Gasteiger partial charge < -0.3 is 5.73 Å². The van der Waals surface area contributed by atoms with Crippen LogP contribution in [0.15, 0.2) is 0 Å². The Morgan fingerprint density at radius 1 is 1.19 bits per heavy atom. The zero-order valence-corrected chi connectivity index (χ0v) is 11.8. The van der Waals surface area contributed by atoms with Crippen molar-refractivity contribution in [3.63, 3.8) is 0 Å². The summed E-state index contributed by atoms with van der Waals surface area (Å²) in [5, 5.41) is 0. The molecule has 16 heavy (non-hydrogen) atoms. The number of rotatable bonds is 2. The van der Waals surface area contributed by atoms with Crippen LogP contribution in [0.4, 0.5) is 0 Å². The lowest BCUT2D eigenvalue weighted by molar-refractivity contribution is 0.0521. The second kappa shape index (κ2) is 5.50.